The van der Waals surface area contributed by atoms with E-state index in [-0.39, 0.29) is 18.6 Å². The van der Waals surface area contributed by atoms with Crippen molar-refractivity contribution in [3.63, 3.8) is 0 Å². The van der Waals surface area contributed by atoms with Crippen LogP contribution in [0.25, 0.3) is 0 Å². The monoisotopic (exact) mass is 200 g/mol. The largest absolute Gasteiger partial charge is 0.396 e. The number of aliphatic hydroxyl groups excluding tert-OH is 1. The van der Waals surface area contributed by atoms with E-state index in [0.29, 0.717) is 12.5 Å². The topological polar surface area (TPSA) is 52.6 Å². The van der Waals surface area contributed by atoms with Gasteiger partial charge in [0.25, 0.3) is 0 Å². The Labute approximate surface area is 85.3 Å². The van der Waals surface area contributed by atoms with Crippen LogP contribution in [0.3, 0.4) is 0 Å². The smallest absolute Gasteiger partial charge is 0.239 e. The van der Waals surface area contributed by atoms with Crippen molar-refractivity contribution in [2.45, 2.75) is 38.8 Å². The highest BCUT2D eigenvalue weighted by molar-refractivity contribution is 5.82. The van der Waals surface area contributed by atoms with Crippen molar-refractivity contribution in [2.75, 3.05) is 19.7 Å². The Morgan fingerprint density at radius 3 is 2.93 bits per heavy atom. The summed E-state index contributed by atoms with van der Waals surface area (Å²) in [7, 11) is 0. The molecule has 2 atom stereocenters. The van der Waals surface area contributed by atoms with Crippen LogP contribution in [0.4, 0.5) is 0 Å². The van der Waals surface area contributed by atoms with Gasteiger partial charge in [0.05, 0.1) is 6.04 Å². The number of hydrogen-bond acceptors (Lipinski definition) is 3. The van der Waals surface area contributed by atoms with Crippen LogP contribution in [-0.4, -0.2) is 47.7 Å². The van der Waals surface area contributed by atoms with Crippen LogP contribution in [0, 0.1) is 0 Å². The third-order valence-corrected chi connectivity index (χ3v) is 2.73. The first-order chi connectivity index (χ1) is 6.69. The van der Waals surface area contributed by atoms with Crippen molar-refractivity contribution >= 4 is 5.91 Å². The van der Waals surface area contributed by atoms with Gasteiger partial charge in [-0.15, -0.1) is 0 Å². The fourth-order valence-corrected chi connectivity index (χ4v) is 1.83. The molecule has 0 aromatic rings. The average molecular weight is 200 g/mol. The lowest BCUT2D eigenvalue weighted by Gasteiger charge is -2.22. The minimum atomic E-state index is -0.197. The van der Waals surface area contributed by atoms with E-state index >= 15 is 0 Å². The van der Waals surface area contributed by atoms with Crippen LogP contribution >= 0.6 is 0 Å². The highest BCUT2D eigenvalue weighted by atomic mass is 16.3. The number of nitrogens with one attached hydrogen (secondary N) is 1. The predicted octanol–water partition coefficient (Wildman–Crippen LogP) is -0.0323. The minimum Gasteiger partial charge on any atom is -0.396 e. The van der Waals surface area contributed by atoms with Gasteiger partial charge in [-0.1, -0.05) is 0 Å². The maximum Gasteiger partial charge on any atom is 0.239 e. The number of nitrogens with zero attached hydrogens (tertiary/aromatic N) is 1. The minimum absolute atomic E-state index is 0.0632. The number of likely N-dealkylation sites (N-methyl/N-ethyl adjacent to an activating group) is 1. The summed E-state index contributed by atoms with van der Waals surface area (Å²) >= 11 is 0. The Kier molecular flexibility index (Phi) is 4.35. The van der Waals surface area contributed by atoms with Gasteiger partial charge in [-0.05, 0) is 26.7 Å². The molecular weight excluding hydrogens is 180 g/mol. The molecule has 14 heavy (non-hydrogen) atoms. The van der Waals surface area contributed by atoms with Gasteiger partial charge in [0.15, 0.2) is 0 Å². The summed E-state index contributed by atoms with van der Waals surface area (Å²) in [6.45, 7) is 5.72. The molecule has 1 saturated heterocycles. The zero-order valence-electron chi connectivity index (χ0n) is 8.99. The lowest BCUT2D eigenvalue weighted by atomic mass is 10.1. The van der Waals surface area contributed by atoms with Crippen LogP contribution in [0.1, 0.15) is 26.7 Å². The summed E-state index contributed by atoms with van der Waals surface area (Å²) < 4.78 is 0. The molecule has 2 N–H and O–H groups in total. The van der Waals surface area contributed by atoms with E-state index in [2.05, 4.69) is 12.2 Å². The lowest BCUT2D eigenvalue weighted by Crippen LogP contribution is -2.45. The highest BCUT2D eigenvalue weighted by Crippen LogP contribution is 2.08. The molecule has 4 heteroatoms. The number of carbonyl (C=O) groups is 1. The van der Waals surface area contributed by atoms with Crippen LogP contribution < -0.4 is 5.32 Å². The Balaban J connectivity index is 2.65. The predicted molar refractivity (Wildman–Crippen MR) is 55.0 cm³/mol. The van der Waals surface area contributed by atoms with E-state index in [4.69, 9.17) is 5.11 Å². The maximum absolute atomic E-state index is 11.9. The second-order valence-corrected chi connectivity index (χ2v) is 3.84. The summed E-state index contributed by atoms with van der Waals surface area (Å²) in [5.41, 5.74) is 0. The molecule has 1 amide bonds. The van der Waals surface area contributed by atoms with Gasteiger partial charge in [-0.3, -0.25) is 4.79 Å². The van der Waals surface area contributed by atoms with Gasteiger partial charge in [0, 0.05) is 25.7 Å². The molecule has 0 aromatic heterocycles. The van der Waals surface area contributed by atoms with Gasteiger partial charge >= 0.3 is 0 Å². The first-order valence-electron chi connectivity index (χ1n) is 5.34. The van der Waals surface area contributed by atoms with Gasteiger partial charge in [-0.25, -0.2) is 0 Å². The molecule has 1 heterocycles. The summed E-state index contributed by atoms with van der Waals surface area (Å²) in [6.07, 6.45) is 1.50. The quantitative estimate of drug-likeness (QED) is 0.672. The molecule has 1 aliphatic rings. The van der Waals surface area contributed by atoms with Crippen LogP contribution in [0.5, 0.6) is 0 Å². The Bertz CT molecular complexity index is 197. The van der Waals surface area contributed by atoms with Crippen LogP contribution in [-0.2, 0) is 4.79 Å². The summed E-state index contributed by atoms with van der Waals surface area (Å²) in [5.74, 6) is 0.130. The molecule has 1 aliphatic heterocycles. The van der Waals surface area contributed by atoms with Gasteiger partial charge in [0.2, 0.25) is 5.91 Å². The summed E-state index contributed by atoms with van der Waals surface area (Å²) in [5, 5.41) is 12.1. The molecule has 4 nitrogen and oxygen atoms in total. The van der Waals surface area contributed by atoms with Crippen molar-refractivity contribution in [3.05, 3.63) is 0 Å². The maximum atomic E-state index is 11.9. The normalized spacial score (nSPS) is 29.1. The number of amides is 1. The molecule has 0 radical (unpaired) electrons. The zero-order valence-corrected chi connectivity index (χ0v) is 8.99. The molecule has 1 fully saturated rings. The van der Waals surface area contributed by atoms with E-state index in [1.165, 1.54) is 0 Å². The van der Waals surface area contributed by atoms with E-state index in [1.54, 1.807) is 0 Å². The Morgan fingerprint density at radius 1 is 1.64 bits per heavy atom. The molecule has 2 unspecified atom stereocenters. The number of aliphatic hydroxyl groups is 1. The molecule has 0 aliphatic carbocycles. The van der Waals surface area contributed by atoms with Gasteiger partial charge in [-0.2, -0.15) is 0 Å². The third kappa shape index (κ3) is 2.69. The standard InChI is InChI=1S/C10H20N2O2/c1-3-12-6-4-8(2)11-9(5-7-13)10(12)14/h8-9,11,13H,3-7H2,1-2H3. The van der Waals surface area contributed by atoms with Crippen molar-refractivity contribution in [1.82, 2.24) is 10.2 Å². The SMILES string of the molecule is CCN1CCC(C)NC(CCO)C1=O. The summed E-state index contributed by atoms with van der Waals surface area (Å²) in [6, 6.07) is 0.157. The first kappa shape index (κ1) is 11.5. The molecular formula is C10H20N2O2. The number of carbonyl (C=O) groups excluding carboxylic acids is 1. The first-order valence-corrected chi connectivity index (χ1v) is 5.34. The van der Waals surface area contributed by atoms with E-state index in [1.807, 2.05) is 11.8 Å². The van der Waals surface area contributed by atoms with Crippen LogP contribution in [0.2, 0.25) is 0 Å². The second-order valence-electron chi connectivity index (χ2n) is 3.84. The molecule has 0 saturated carbocycles. The third-order valence-electron chi connectivity index (χ3n) is 2.73. The molecule has 0 spiro atoms. The van der Waals surface area contributed by atoms with Crippen molar-refractivity contribution in [1.29, 1.82) is 0 Å². The van der Waals surface area contributed by atoms with Gasteiger partial charge in [0.1, 0.15) is 0 Å². The van der Waals surface area contributed by atoms with E-state index in [9.17, 15) is 4.79 Å². The molecule has 0 aromatic carbocycles. The number of rotatable bonds is 3. The second kappa shape index (κ2) is 5.32. The highest BCUT2D eigenvalue weighted by Gasteiger charge is 2.27. The summed E-state index contributed by atoms with van der Waals surface area (Å²) in [4.78, 5) is 13.7. The molecule has 82 valence electrons. The van der Waals surface area contributed by atoms with Gasteiger partial charge < -0.3 is 15.3 Å². The van der Waals surface area contributed by atoms with Crippen molar-refractivity contribution in [3.8, 4) is 0 Å². The number of hydrogen-bond donors (Lipinski definition) is 2. The van der Waals surface area contributed by atoms with Crippen molar-refractivity contribution < 1.29 is 9.90 Å². The Hall–Kier alpha value is -0.610. The van der Waals surface area contributed by atoms with E-state index in [0.717, 1.165) is 19.5 Å². The van der Waals surface area contributed by atoms with E-state index < -0.39 is 0 Å². The molecule has 1 rings (SSSR count). The fourth-order valence-electron chi connectivity index (χ4n) is 1.83. The lowest BCUT2D eigenvalue weighted by molar-refractivity contribution is -0.132. The zero-order chi connectivity index (χ0) is 10.6. The average Bonchev–Trinajstić information content (AvgIpc) is 2.29. The van der Waals surface area contributed by atoms with Crippen molar-refractivity contribution in [2.24, 2.45) is 0 Å². The van der Waals surface area contributed by atoms with Crippen LogP contribution in [0.15, 0.2) is 0 Å². The Morgan fingerprint density at radius 2 is 2.36 bits per heavy atom. The fraction of sp³-hybridized carbons (Fsp3) is 0.900. The molecule has 0 bridgehead atoms.